The molecule has 164 valence electrons. The molecule has 28 heavy (non-hydrogen) atoms. The molecule has 0 fully saturated rings. The van der Waals surface area contributed by atoms with Gasteiger partial charge in [0.15, 0.2) is 0 Å². The quantitative estimate of drug-likeness (QED) is 0.182. The molecule has 0 heterocycles. The molecule has 0 aromatic rings. The molecule has 1 aliphatic carbocycles. The first-order valence-corrected chi connectivity index (χ1v) is 13.1. The molecule has 0 aromatic carbocycles. The largest absolute Gasteiger partial charge is 0.0845 e. The minimum Gasteiger partial charge on any atom is -0.0845 e. The summed E-state index contributed by atoms with van der Waals surface area (Å²) < 4.78 is 0. The van der Waals surface area contributed by atoms with Crippen molar-refractivity contribution in [1.29, 1.82) is 0 Å². The molecule has 0 nitrogen and oxygen atoms in total. The van der Waals surface area contributed by atoms with E-state index in [1.165, 1.54) is 103 Å². The second kappa shape index (κ2) is 17.3. The highest BCUT2D eigenvalue weighted by molar-refractivity contribution is 5.09. The lowest BCUT2D eigenvalue weighted by Gasteiger charge is -2.29. The Hall–Kier alpha value is -0.520. The van der Waals surface area contributed by atoms with Crippen molar-refractivity contribution in [1.82, 2.24) is 0 Å². The monoisotopic (exact) mass is 388 g/mol. The standard InChI is InChI=1S/C28H52/c1-5-9-13-17-25-21-22-27(19-15-11-7-3)28(20-16-12-8-4)24-23-26(25)18-14-10-6-2/h21-28H,5-20H2,1-4H3/b22-21-,24-23-. The third-order valence-electron chi connectivity index (χ3n) is 6.87. The van der Waals surface area contributed by atoms with Gasteiger partial charge in [0.2, 0.25) is 0 Å². The normalized spacial score (nSPS) is 27.3. The number of unbranched alkanes of at least 4 members (excludes halogenated alkanes) is 8. The van der Waals surface area contributed by atoms with E-state index in [-0.39, 0.29) is 0 Å². The van der Waals surface area contributed by atoms with E-state index in [0.717, 1.165) is 23.7 Å². The summed E-state index contributed by atoms with van der Waals surface area (Å²) in [5.74, 6) is 3.13. The van der Waals surface area contributed by atoms with Gasteiger partial charge in [0.05, 0.1) is 0 Å². The van der Waals surface area contributed by atoms with E-state index in [0.29, 0.717) is 0 Å². The van der Waals surface area contributed by atoms with E-state index in [4.69, 9.17) is 0 Å². The average Bonchev–Trinajstić information content (AvgIpc) is 2.69. The Bertz CT molecular complexity index is 317. The van der Waals surface area contributed by atoms with Crippen molar-refractivity contribution in [2.24, 2.45) is 23.7 Å². The van der Waals surface area contributed by atoms with Crippen molar-refractivity contribution in [3.8, 4) is 0 Å². The molecule has 1 aliphatic rings. The van der Waals surface area contributed by atoms with Crippen LogP contribution in [0.1, 0.15) is 130 Å². The molecule has 0 heteroatoms. The lowest BCUT2D eigenvalue weighted by atomic mass is 9.76. The van der Waals surface area contributed by atoms with Crippen LogP contribution in [0.5, 0.6) is 0 Å². The van der Waals surface area contributed by atoms with Crippen LogP contribution in [0.4, 0.5) is 0 Å². The van der Waals surface area contributed by atoms with E-state index in [1.807, 2.05) is 0 Å². The fraction of sp³-hybridized carbons (Fsp3) is 0.857. The van der Waals surface area contributed by atoms with Gasteiger partial charge in [-0.1, -0.05) is 129 Å². The number of rotatable bonds is 16. The molecule has 0 amide bonds. The smallest absolute Gasteiger partial charge is 0.0170 e. The molecular formula is C28H52. The van der Waals surface area contributed by atoms with Crippen molar-refractivity contribution in [2.75, 3.05) is 0 Å². The second-order valence-electron chi connectivity index (χ2n) is 9.41. The zero-order valence-corrected chi connectivity index (χ0v) is 19.9. The summed E-state index contributed by atoms with van der Waals surface area (Å²) in [6.45, 7) is 9.32. The topological polar surface area (TPSA) is 0 Å². The summed E-state index contributed by atoms with van der Waals surface area (Å²) in [6, 6.07) is 0. The number of hydrogen-bond donors (Lipinski definition) is 0. The zero-order chi connectivity index (χ0) is 20.5. The minimum atomic E-state index is 0.782. The van der Waals surface area contributed by atoms with Crippen molar-refractivity contribution < 1.29 is 0 Å². The van der Waals surface area contributed by atoms with Crippen LogP contribution >= 0.6 is 0 Å². The summed E-state index contributed by atoms with van der Waals surface area (Å²) in [4.78, 5) is 0. The Kier molecular flexibility index (Phi) is 15.8. The van der Waals surface area contributed by atoms with Crippen LogP contribution in [0.3, 0.4) is 0 Å². The average molecular weight is 389 g/mol. The SMILES string of the molecule is CCCCCC1/C=C\C(CCCCC)C(CCCCC)/C=C\C1CCCCC. The van der Waals surface area contributed by atoms with Crippen LogP contribution in [-0.2, 0) is 0 Å². The first kappa shape index (κ1) is 25.5. The molecule has 0 aromatic heterocycles. The molecule has 0 aliphatic heterocycles. The van der Waals surface area contributed by atoms with Gasteiger partial charge < -0.3 is 0 Å². The third kappa shape index (κ3) is 10.9. The molecule has 0 N–H and O–H groups in total. The fourth-order valence-electron chi connectivity index (χ4n) is 4.90. The Labute approximate surface area is 178 Å². The van der Waals surface area contributed by atoms with Crippen molar-refractivity contribution in [3.05, 3.63) is 24.3 Å². The van der Waals surface area contributed by atoms with Gasteiger partial charge in [-0.2, -0.15) is 0 Å². The zero-order valence-electron chi connectivity index (χ0n) is 19.9. The van der Waals surface area contributed by atoms with E-state index in [2.05, 4.69) is 52.0 Å². The third-order valence-corrected chi connectivity index (χ3v) is 6.87. The molecule has 0 saturated heterocycles. The first-order chi connectivity index (χ1) is 13.8. The van der Waals surface area contributed by atoms with Crippen LogP contribution in [0.25, 0.3) is 0 Å². The highest BCUT2D eigenvalue weighted by Crippen LogP contribution is 2.35. The van der Waals surface area contributed by atoms with Crippen LogP contribution in [0.2, 0.25) is 0 Å². The first-order valence-electron chi connectivity index (χ1n) is 13.1. The van der Waals surface area contributed by atoms with Gasteiger partial charge in [-0.05, 0) is 49.4 Å². The molecule has 4 unspecified atom stereocenters. The molecule has 1 rings (SSSR count). The fourth-order valence-corrected chi connectivity index (χ4v) is 4.90. The second-order valence-corrected chi connectivity index (χ2v) is 9.41. The van der Waals surface area contributed by atoms with Crippen molar-refractivity contribution in [3.63, 3.8) is 0 Å². The van der Waals surface area contributed by atoms with Crippen LogP contribution in [0, 0.1) is 23.7 Å². The molecule has 0 saturated carbocycles. The summed E-state index contributed by atoms with van der Waals surface area (Å²) in [7, 11) is 0. The van der Waals surface area contributed by atoms with Crippen molar-refractivity contribution >= 4 is 0 Å². The summed E-state index contributed by atoms with van der Waals surface area (Å²) >= 11 is 0. The van der Waals surface area contributed by atoms with E-state index in [9.17, 15) is 0 Å². The summed E-state index contributed by atoms with van der Waals surface area (Å²) in [5.41, 5.74) is 0. The summed E-state index contributed by atoms with van der Waals surface area (Å²) in [6.07, 6.45) is 32.9. The molecule has 4 atom stereocenters. The molecular weight excluding hydrogens is 336 g/mol. The van der Waals surface area contributed by atoms with E-state index < -0.39 is 0 Å². The molecule has 0 spiro atoms. The maximum Gasteiger partial charge on any atom is -0.0170 e. The lowest BCUT2D eigenvalue weighted by molar-refractivity contribution is 0.354. The Morgan fingerprint density at radius 2 is 0.571 bits per heavy atom. The number of allylic oxidation sites excluding steroid dienone is 4. The van der Waals surface area contributed by atoms with Gasteiger partial charge in [-0.25, -0.2) is 0 Å². The predicted octanol–water partition coefficient (Wildman–Crippen LogP) is 9.90. The number of hydrogen-bond acceptors (Lipinski definition) is 0. The lowest BCUT2D eigenvalue weighted by Crippen LogP contribution is -2.18. The highest BCUT2D eigenvalue weighted by atomic mass is 14.3. The van der Waals surface area contributed by atoms with E-state index in [1.54, 1.807) is 0 Å². The van der Waals surface area contributed by atoms with Gasteiger partial charge in [-0.15, -0.1) is 0 Å². The molecule has 0 radical (unpaired) electrons. The van der Waals surface area contributed by atoms with Crippen molar-refractivity contribution in [2.45, 2.75) is 130 Å². The maximum atomic E-state index is 2.68. The van der Waals surface area contributed by atoms with Crippen LogP contribution in [-0.4, -0.2) is 0 Å². The summed E-state index contributed by atoms with van der Waals surface area (Å²) in [5, 5.41) is 0. The Balaban J connectivity index is 2.85. The van der Waals surface area contributed by atoms with E-state index >= 15 is 0 Å². The van der Waals surface area contributed by atoms with Gasteiger partial charge in [0, 0.05) is 0 Å². The maximum absolute atomic E-state index is 2.68. The Morgan fingerprint density at radius 1 is 0.357 bits per heavy atom. The van der Waals surface area contributed by atoms with Gasteiger partial charge in [0.1, 0.15) is 0 Å². The van der Waals surface area contributed by atoms with Gasteiger partial charge >= 0.3 is 0 Å². The molecule has 0 bridgehead atoms. The van der Waals surface area contributed by atoms with Gasteiger partial charge in [0.25, 0.3) is 0 Å². The minimum absolute atomic E-state index is 0.782. The predicted molar refractivity (Wildman–Crippen MR) is 129 cm³/mol. The van der Waals surface area contributed by atoms with Crippen LogP contribution in [0.15, 0.2) is 24.3 Å². The van der Waals surface area contributed by atoms with Crippen LogP contribution < -0.4 is 0 Å². The van der Waals surface area contributed by atoms with Gasteiger partial charge in [-0.3, -0.25) is 0 Å². The Morgan fingerprint density at radius 3 is 0.750 bits per heavy atom. The highest BCUT2D eigenvalue weighted by Gasteiger charge is 2.23.